The molecule has 0 bridgehead atoms. The van der Waals surface area contributed by atoms with Gasteiger partial charge in [-0.3, -0.25) is 19.2 Å². The minimum absolute atomic E-state index is 0.145. The second kappa shape index (κ2) is 106. The van der Waals surface area contributed by atoms with E-state index in [0.717, 1.165) is 64.6 Å². The number of rotatable bonds is 20. The molecule has 10 heteroatoms. The number of cyclic esters (lactones) is 2. The molecule has 1 heterocycles. The highest BCUT2D eigenvalue weighted by molar-refractivity contribution is 5.96. The van der Waals surface area contributed by atoms with Gasteiger partial charge in [-0.05, 0) is 85.3 Å². The van der Waals surface area contributed by atoms with Crippen molar-refractivity contribution in [3.05, 3.63) is 0 Å². The molecule has 1 aliphatic heterocycles. The molecule has 0 spiro atoms. The number of aliphatic carboxylic acids is 1. The summed E-state index contributed by atoms with van der Waals surface area (Å²) >= 11 is 0. The van der Waals surface area contributed by atoms with E-state index in [1.165, 1.54) is 12.8 Å². The van der Waals surface area contributed by atoms with Crippen molar-refractivity contribution in [1.29, 1.82) is 0 Å². The Bertz CT molecular complexity index is 799. The van der Waals surface area contributed by atoms with Gasteiger partial charge in [0.15, 0.2) is 0 Å². The second-order valence-electron chi connectivity index (χ2n) is 13.2. The fourth-order valence-corrected chi connectivity index (χ4v) is 5.02. The molecule has 1 rings (SSSR count). The van der Waals surface area contributed by atoms with Gasteiger partial charge in [0.25, 0.3) is 0 Å². The van der Waals surface area contributed by atoms with Gasteiger partial charge in [-0.25, -0.2) is 0 Å². The molecule has 0 aromatic carbocycles. The van der Waals surface area contributed by atoms with E-state index < -0.39 is 17.8 Å². The molecule has 0 radical (unpaired) electrons. The Balaban J connectivity index is -0.0000000459. The lowest BCUT2D eigenvalue weighted by molar-refractivity contribution is -0.154. The number of nitrogens with two attached hydrogens (primary N) is 1. The molecular formula is C58H140N4O6. The predicted molar refractivity (Wildman–Crippen MR) is 315 cm³/mol. The summed E-state index contributed by atoms with van der Waals surface area (Å²) in [6.07, 6.45) is 10.1. The van der Waals surface area contributed by atoms with E-state index in [4.69, 9.17) is 5.73 Å². The third-order valence-corrected chi connectivity index (χ3v) is 8.12. The van der Waals surface area contributed by atoms with Crippen LogP contribution in [0.25, 0.3) is 0 Å². The lowest BCUT2D eigenvalue weighted by Crippen LogP contribution is -2.38. The number of carbonyl (C=O) groups is 4. The van der Waals surface area contributed by atoms with Gasteiger partial charge < -0.3 is 30.7 Å². The molecule has 6 atom stereocenters. The number of carboxylic acid groups (broad SMARTS) is 1. The third-order valence-electron chi connectivity index (χ3n) is 8.12. The number of esters is 2. The first kappa shape index (κ1) is 103. The number of amides is 1. The fraction of sp³-hybridized carbons (Fsp3) is 0.931. The number of unbranched alkanes of at least 4 members (excludes halogenated alkanes) is 2. The first-order valence-corrected chi connectivity index (χ1v) is 28.9. The van der Waals surface area contributed by atoms with Gasteiger partial charge in [0, 0.05) is 12.5 Å². The smallest absolute Gasteiger partial charge is 0.317 e. The van der Waals surface area contributed by atoms with Crippen molar-refractivity contribution in [3.63, 3.8) is 0 Å². The summed E-state index contributed by atoms with van der Waals surface area (Å²) in [5, 5.41) is 12.3. The summed E-state index contributed by atoms with van der Waals surface area (Å²) in [4.78, 5) is 50.3. The molecule has 0 aromatic rings. The van der Waals surface area contributed by atoms with E-state index >= 15 is 0 Å². The van der Waals surface area contributed by atoms with Crippen LogP contribution in [-0.4, -0.2) is 93.1 Å². The van der Waals surface area contributed by atoms with Crippen molar-refractivity contribution < 1.29 is 29.0 Å². The van der Waals surface area contributed by atoms with Gasteiger partial charge in [0.2, 0.25) is 5.91 Å². The average molecular weight is 990 g/mol. The van der Waals surface area contributed by atoms with Crippen LogP contribution in [0.15, 0.2) is 0 Å². The minimum Gasteiger partial charge on any atom is -0.481 e. The van der Waals surface area contributed by atoms with E-state index in [1.54, 1.807) is 13.8 Å². The zero-order valence-corrected chi connectivity index (χ0v) is 53.8. The Hall–Kier alpha value is -2.04. The standard InChI is InChI=1S/C17H34N2O3.C12H20O3.C5H14N2.12C2H6/c1-6-7-9-13(2)12-15(17(21)22)14(3)16(20)18-10-8-11-19(4)5;1-4-5-6-8(2)7-10-9(3)11(13)15-12(10)14;1-7(2)5-3-4-6;12*1-2/h13-15H,6-12H2,1-5H3,(H,18,20)(H,21,22);8-10H,4-7H2,1-3H3;3-6H2,1-2H3;12*1-2H3. The number of hydrogen-bond donors (Lipinski definition) is 3. The summed E-state index contributed by atoms with van der Waals surface area (Å²) < 4.78 is 4.61. The van der Waals surface area contributed by atoms with Gasteiger partial charge in [-0.15, -0.1) is 0 Å². The number of carbonyl (C=O) groups excluding carboxylic acids is 3. The lowest BCUT2D eigenvalue weighted by atomic mass is 9.83. The van der Waals surface area contributed by atoms with Crippen LogP contribution in [0.2, 0.25) is 0 Å². The van der Waals surface area contributed by atoms with Crippen molar-refractivity contribution in [2.45, 2.75) is 272 Å². The minimum atomic E-state index is -0.862. The molecule has 4 N–H and O–H groups in total. The Morgan fingerprint density at radius 2 is 0.926 bits per heavy atom. The fourth-order valence-electron chi connectivity index (χ4n) is 5.02. The molecule has 10 nitrogen and oxygen atoms in total. The van der Waals surface area contributed by atoms with Crippen LogP contribution in [0.1, 0.15) is 272 Å². The van der Waals surface area contributed by atoms with E-state index in [-0.39, 0.29) is 29.7 Å². The molecule has 68 heavy (non-hydrogen) atoms. The summed E-state index contributed by atoms with van der Waals surface area (Å²) in [6.45, 7) is 63.4. The highest BCUT2D eigenvalue weighted by Gasteiger charge is 2.41. The van der Waals surface area contributed by atoms with Gasteiger partial charge in [-0.2, -0.15) is 0 Å². The maximum Gasteiger partial charge on any atom is 0.317 e. The van der Waals surface area contributed by atoms with Gasteiger partial charge in [0.05, 0.1) is 17.8 Å². The van der Waals surface area contributed by atoms with Gasteiger partial charge in [-0.1, -0.05) is 246 Å². The summed E-state index contributed by atoms with van der Waals surface area (Å²) in [5.74, 6) is -2.38. The van der Waals surface area contributed by atoms with Crippen LogP contribution in [0, 0.1) is 35.5 Å². The highest BCUT2D eigenvalue weighted by Crippen LogP contribution is 2.30. The van der Waals surface area contributed by atoms with Crippen LogP contribution in [0.4, 0.5) is 0 Å². The Morgan fingerprint density at radius 1 is 0.588 bits per heavy atom. The molecule has 428 valence electrons. The van der Waals surface area contributed by atoms with Crippen LogP contribution < -0.4 is 11.1 Å². The van der Waals surface area contributed by atoms with Crippen molar-refractivity contribution in [3.8, 4) is 0 Å². The average Bonchev–Trinajstić information content (AvgIpc) is 3.64. The van der Waals surface area contributed by atoms with Crippen molar-refractivity contribution in [1.82, 2.24) is 15.1 Å². The molecule has 0 saturated carbocycles. The molecule has 6 unspecified atom stereocenters. The van der Waals surface area contributed by atoms with E-state index in [9.17, 15) is 24.3 Å². The quantitative estimate of drug-likeness (QED) is 0.0617. The number of ether oxygens (including phenoxy) is 1. The first-order valence-electron chi connectivity index (χ1n) is 28.9. The molecule has 1 aliphatic rings. The topological polar surface area (TPSA) is 142 Å². The number of carboxylic acids is 1. The van der Waals surface area contributed by atoms with Crippen molar-refractivity contribution in [2.75, 3.05) is 54.4 Å². The second-order valence-corrected chi connectivity index (χ2v) is 13.2. The van der Waals surface area contributed by atoms with Crippen LogP contribution in [0.3, 0.4) is 0 Å². The van der Waals surface area contributed by atoms with Crippen molar-refractivity contribution >= 4 is 23.8 Å². The van der Waals surface area contributed by atoms with Crippen molar-refractivity contribution in [2.24, 2.45) is 41.2 Å². The first-order chi connectivity index (χ1) is 32.6. The van der Waals surface area contributed by atoms with E-state index in [2.05, 4.69) is 61.6 Å². The van der Waals surface area contributed by atoms with Crippen LogP contribution in [0.5, 0.6) is 0 Å². The van der Waals surface area contributed by atoms with Gasteiger partial charge in [0.1, 0.15) is 0 Å². The SMILES string of the molecule is CC.CC.CC.CC.CC.CC.CC.CC.CC.CC.CC.CC.CCCCC(C)CC(C(=O)O)C(C)C(=O)NCCCN(C)C.CCCCC(C)CC1C(=O)OC(=O)C1C.CN(C)CCCN. The normalized spacial score (nSPS) is 13.2. The monoisotopic (exact) mass is 989 g/mol. The summed E-state index contributed by atoms with van der Waals surface area (Å²) in [5.41, 5.74) is 5.25. The Labute approximate surface area is 434 Å². The predicted octanol–water partition coefficient (Wildman–Crippen LogP) is 17.4. The van der Waals surface area contributed by atoms with Gasteiger partial charge >= 0.3 is 17.9 Å². The largest absolute Gasteiger partial charge is 0.481 e. The lowest BCUT2D eigenvalue weighted by Gasteiger charge is -2.23. The summed E-state index contributed by atoms with van der Waals surface area (Å²) in [7, 11) is 8.08. The number of nitrogens with one attached hydrogen (secondary N) is 1. The zero-order valence-electron chi connectivity index (χ0n) is 53.8. The molecule has 0 aliphatic carbocycles. The van der Waals surface area contributed by atoms with E-state index in [1.807, 2.05) is 180 Å². The van der Waals surface area contributed by atoms with Crippen LogP contribution in [-0.2, 0) is 23.9 Å². The van der Waals surface area contributed by atoms with Crippen LogP contribution >= 0.6 is 0 Å². The maximum absolute atomic E-state index is 12.1. The zero-order chi connectivity index (χ0) is 58.2. The Kier molecular flexibility index (Phi) is 161. The molecular weight excluding hydrogens is 849 g/mol. The molecule has 0 aromatic heterocycles. The summed E-state index contributed by atoms with van der Waals surface area (Å²) in [6, 6.07) is 0. The molecule has 1 amide bonds. The molecule has 1 fully saturated rings. The molecule has 1 saturated heterocycles. The van der Waals surface area contributed by atoms with E-state index in [0.29, 0.717) is 24.8 Å². The Morgan fingerprint density at radius 3 is 1.19 bits per heavy atom. The third kappa shape index (κ3) is 90.4. The highest BCUT2D eigenvalue weighted by atomic mass is 16.6. The number of nitrogens with zero attached hydrogens (tertiary/aromatic N) is 2. The number of hydrogen-bond acceptors (Lipinski definition) is 8. The maximum atomic E-state index is 12.1.